The van der Waals surface area contributed by atoms with Gasteiger partial charge in [-0.15, -0.1) is 0 Å². The van der Waals surface area contributed by atoms with Gasteiger partial charge in [0.1, 0.15) is 5.82 Å². The summed E-state index contributed by atoms with van der Waals surface area (Å²) in [5.74, 6) is 0.838. The van der Waals surface area contributed by atoms with Gasteiger partial charge in [0, 0.05) is 23.9 Å². The largest absolute Gasteiger partial charge is 0.309 e. The molecule has 1 aliphatic heterocycles. The number of hydrogen-bond acceptors (Lipinski definition) is 6. The molecule has 0 saturated carbocycles. The highest BCUT2D eigenvalue weighted by Crippen LogP contribution is 2.27. The van der Waals surface area contributed by atoms with E-state index < -0.39 is 9.84 Å². The zero-order valence-electron chi connectivity index (χ0n) is 19.4. The van der Waals surface area contributed by atoms with Crippen LogP contribution in [0.5, 0.6) is 0 Å². The molecule has 33 heavy (non-hydrogen) atoms. The second-order valence-electron chi connectivity index (χ2n) is 8.79. The Morgan fingerprint density at radius 1 is 1.18 bits per heavy atom. The van der Waals surface area contributed by atoms with Crippen molar-refractivity contribution in [2.45, 2.75) is 39.8 Å². The van der Waals surface area contributed by atoms with E-state index in [0.29, 0.717) is 18.8 Å². The lowest BCUT2D eigenvalue weighted by atomic mass is 10.1. The Kier molecular flexibility index (Phi) is 6.40. The maximum atomic E-state index is 12.8. The van der Waals surface area contributed by atoms with Crippen LogP contribution in [0.15, 0.2) is 36.4 Å². The first-order valence-corrected chi connectivity index (χ1v) is 12.8. The molecule has 0 spiro atoms. The Balaban J connectivity index is 1.42. The predicted octanol–water partition coefficient (Wildman–Crippen LogP) is 2.42. The van der Waals surface area contributed by atoms with E-state index in [9.17, 15) is 13.2 Å². The number of anilines is 1. The van der Waals surface area contributed by atoms with Gasteiger partial charge in [-0.2, -0.15) is 10.2 Å². The molecule has 1 N–H and O–H groups in total. The fourth-order valence-corrected chi connectivity index (χ4v) is 6.05. The normalized spacial score (nSPS) is 17.5. The molecular formula is C23H30N6O3S. The van der Waals surface area contributed by atoms with Gasteiger partial charge in [0.15, 0.2) is 9.84 Å². The van der Waals surface area contributed by atoms with Crippen LogP contribution in [0.3, 0.4) is 0 Å². The number of hydrogen-bond donors (Lipinski definition) is 1. The monoisotopic (exact) mass is 470 g/mol. The van der Waals surface area contributed by atoms with Gasteiger partial charge in [-0.1, -0.05) is 18.2 Å². The van der Waals surface area contributed by atoms with Crippen LogP contribution in [0, 0.1) is 20.8 Å². The van der Waals surface area contributed by atoms with E-state index in [1.807, 2.05) is 73.8 Å². The topological polar surface area (TPSA) is 102 Å². The van der Waals surface area contributed by atoms with Gasteiger partial charge < -0.3 is 5.32 Å². The van der Waals surface area contributed by atoms with Gasteiger partial charge in [0.2, 0.25) is 5.91 Å². The van der Waals surface area contributed by atoms with E-state index in [-0.39, 0.29) is 30.0 Å². The molecule has 1 amide bonds. The summed E-state index contributed by atoms with van der Waals surface area (Å²) < 4.78 is 27.3. The van der Waals surface area contributed by atoms with Crippen molar-refractivity contribution in [3.63, 3.8) is 0 Å². The Morgan fingerprint density at radius 3 is 2.58 bits per heavy atom. The van der Waals surface area contributed by atoms with E-state index in [2.05, 4.69) is 15.5 Å². The van der Waals surface area contributed by atoms with Crippen LogP contribution in [0.1, 0.15) is 35.1 Å². The summed E-state index contributed by atoms with van der Waals surface area (Å²) in [6.45, 7) is 6.52. The average molecular weight is 471 g/mol. The zero-order valence-corrected chi connectivity index (χ0v) is 20.3. The summed E-state index contributed by atoms with van der Waals surface area (Å²) in [6.07, 6.45) is 0.594. The lowest BCUT2D eigenvalue weighted by Crippen LogP contribution is -2.30. The molecule has 0 unspecified atom stereocenters. The lowest BCUT2D eigenvalue weighted by Gasteiger charge is -2.17. The highest BCUT2D eigenvalue weighted by molar-refractivity contribution is 7.91. The minimum absolute atomic E-state index is 0.113. The standard InChI is InChI=1S/C23H30N6O3S/c1-16-12-22(29(25-16)19-8-6-5-7-9-19)24-23(30)14-27(4)13-21-17(2)26-28(18(21)3)20-10-11-33(31,32)15-20/h5-9,12,20H,10-11,13-15H2,1-4H3,(H,24,30)/t20-/m0/s1. The van der Waals surface area contributed by atoms with E-state index >= 15 is 0 Å². The predicted molar refractivity (Wildman–Crippen MR) is 127 cm³/mol. The number of aromatic nitrogens is 4. The van der Waals surface area contributed by atoms with Crippen LogP contribution in [-0.4, -0.2) is 63.9 Å². The van der Waals surface area contributed by atoms with Crippen molar-refractivity contribution in [1.82, 2.24) is 24.5 Å². The van der Waals surface area contributed by atoms with Crippen molar-refractivity contribution in [1.29, 1.82) is 0 Å². The molecule has 0 bridgehead atoms. The number of aryl methyl sites for hydroxylation is 2. The summed E-state index contributed by atoms with van der Waals surface area (Å²) in [6, 6.07) is 11.4. The number of carbonyl (C=O) groups is 1. The van der Waals surface area contributed by atoms with Crippen molar-refractivity contribution in [2.75, 3.05) is 30.4 Å². The number of carbonyl (C=O) groups excluding carboxylic acids is 1. The van der Waals surface area contributed by atoms with Crippen molar-refractivity contribution in [3.05, 3.63) is 59.0 Å². The number of likely N-dealkylation sites (N-methyl/N-ethyl adjacent to an activating group) is 1. The summed E-state index contributed by atoms with van der Waals surface area (Å²) in [5.41, 5.74) is 4.54. The second-order valence-corrected chi connectivity index (χ2v) is 11.0. The van der Waals surface area contributed by atoms with Gasteiger partial charge in [-0.25, -0.2) is 13.1 Å². The number of rotatable bonds is 7. The molecule has 10 heteroatoms. The maximum absolute atomic E-state index is 12.8. The fourth-order valence-electron chi connectivity index (χ4n) is 4.36. The summed E-state index contributed by atoms with van der Waals surface area (Å²) in [5, 5.41) is 12.1. The molecule has 176 valence electrons. The Morgan fingerprint density at radius 2 is 1.91 bits per heavy atom. The smallest absolute Gasteiger partial charge is 0.239 e. The van der Waals surface area contributed by atoms with Crippen LogP contribution in [0.4, 0.5) is 5.82 Å². The molecular weight excluding hydrogens is 440 g/mol. The quantitative estimate of drug-likeness (QED) is 0.569. The number of para-hydroxylation sites is 1. The molecule has 3 aromatic rings. The molecule has 1 atom stereocenters. The number of amides is 1. The highest BCUT2D eigenvalue weighted by Gasteiger charge is 2.31. The summed E-state index contributed by atoms with van der Waals surface area (Å²) >= 11 is 0. The fraction of sp³-hybridized carbons (Fsp3) is 0.435. The molecule has 1 fully saturated rings. The molecule has 1 saturated heterocycles. The molecule has 3 heterocycles. The van der Waals surface area contributed by atoms with Crippen molar-refractivity contribution in [2.24, 2.45) is 0 Å². The third kappa shape index (κ3) is 5.17. The molecule has 1 aromatic carbocycles. The van der Waals surface area contributed by atoms with Gasteiger partial charge in [-0.05, 0) is 46.4 Å². The maximum Gasteiger partial charge on any atom is 0.239 e. The van der Waals surface area contributed by atoms with E-state index in [4.69, 9.17) is 0 Å². The van der Waals surface area contributed by atoms with Crippen molar-refractivity contribution < 1.29 is 13.2 Å². The van der Waals surface area contributed by atoms with Crippen molar-refractivity contribution >= 4 is 21.6 Å². The Bertz CT molecular complexity index is 1260. The first-order valence-electron chi connectivity index (χ1n) is 11.0. The number of nitrogens with zero attached hydrogens (tertiary/aromatic N) is 5. The zero-order chi connectivity index (χ0) is 23.8. The molecule has 4 rings (SSSR count). The minimum atomic E-state index is -2.99. The summed E-state index contributed by atoms with van der Waals surface area (Å²) in [4.78, 5) is 14.7. The number of benzene rings is 1. The van der Waals surface area contributed by atoms with Gasteiger partial charge in [0.05, 0.1) is 41.2 Å². The SMILES string of the molecule is Cc1cc(NC(=O)CN(C)Cc2c(C)nn([C@H]3CCS(=O)(=O)C3)c2C)n(-c2ccccc2)n1. The van der Waals surface area contributed by atoms with E-state index in [1.54, 1.807) is 4.68 Å². The molecule has 0 aliphatic carbocycles. The molecule has 9 nitrogen and oxygen atoms in total. The van der Waals surface area contributed by atoms with Crippen LogP contribution in [-0.2, 0) is 21.2 Å². The van der Waals surface area contributed by atoms with Gasteiger partial charge in [-0.3, -0.25) is 14.4 Å². The number of sulfone groups is 1. The first kappa shape index (κ1) is 23.2. The third-order valence-corrected chi connectivity index (χ3v) is 7.72. The Hall–Kier alpha value is -2.98. The van der Waals surface area contributed by atoms with Crippen LogP contribution < -0.4 is 5.32 Å². The van der Waals surface area contributed by atoms with Gasteiger partial charge >= 0.3 is 0 Å². The van der Waals surface area contributed by atoms with Crippen molar-refractivity contribution in [3.8, 4) is 5.69 Å². The van der Waals surface area contributed by atoms with Crippen LogP contribution in [0.25, 0.3) is 5.69 Å². The van der Waals surface area contributed by atoms with Crippen LogP contribution in [0.2, 0.25) is 0 Å². The van der Waals surface area contributed by atoms with E-state index in [0.717, 1.165) is 28.3 Å². The lowest BCUT2D eigenvalue weighted by molar-refractivity contribution is -0.117. The summed E-state index contributed by atoms with van der Waals surface area (Å²) in [7, 11) is -1.10. The van der Waals surface area contributed by atoms with Gasteiger partial charge in [0.25, 0.3) is 0 Å². The average Bonchev–Trinajstić information content (AvgIpc) is 3.39. The van der Waals surface area contributed by atoms with E-state index in [1.165, 1.54) is 0 Å². The minimum Gasteiger partial charge on any atom is -0.309 e. The number of nitrogens with one attached hydrogen (secondary N) is 1. The molecule has 2 aromatic heterocycles. The third-order valence-electron chi connectivity index (χ3n) is 5.97. The first-order chi connectivity index (χ1) is 15.6. The van der Waals surface area contributed by atoms with Crippen LogP contribution >= 0.6 is 0 Å². The molecule has 0 radical (unpaired) electrons. The highest BCUT2D eigenvalue weighted by atomic mass is 32.2. The Labute approximate surface area is 194 Å². The molecule has 1 aliphatic rings. The second kappa shape index (κ2) is 9.11.